The molecule has 0 spiro atoms. The van der Waals surface area contributed by atoms with Crippen LogP contribution < -0.4 is 15.8 Å². The molecule has 1 aromatic carbocycles. The summed E-state index contributed by atoms with van der Waals surface area (Å²) < 4.78 is 10.4. The zero-order valence-electron chi connectivity index (χ0n) is 18.8. The first-order valence-corrected chi connectivity index (χ1v) is 11.2. The van der Waals surface area contributed by atoms with Crippen molar-refractivity contribution in [2.45, 2.75) is 63.3 Å². The van der Waals surface area contributed by atoms with Crippen molar-refractivity contribution in [3.63, 3.8) is 0 Å². The maximum absolute atomic E-state index is 11.8. The third-order valence-corrected chi connectivity index (χ3v) is 6.44. The van der Waals surface area contributed by atoms with Gasteiger partial charge in [0.05, 0.1) is 20.3 Å². The van der Waals surface area contributed by atoms with Gasteiger partial charge in [0.2, 0.25) is 0 Å². The summed E-state index contributed by atoms with van der Waals surface area (Å²) in [6.07, 6.45) is 7.47. The number of aliphatic imine (C=N–C) groups is 1. The quantitative estimate of drug-likeness (QED) is 0.321. The highest BCUT2D eigenvalue weighted by atomic mass is 127. The second kappa shape index (κ2) is 12.4. The number of piperidine rings is 1. The fourth-order valence-electron chi connectivity index (χ4n) is 4.62. The second-order valence-electron chi connectivity index (χ2n) is 8.38. The maximum atomic E-state index is 11.8. The monoisotopic (exact) mass is 544 g/mol. The predicted octanol–water partition coefficient (Wildman–Crippen LogP) is 4.04. The van der Waals surface area contributed by atoms with Crippen LogP contribution >= 0.6 is 24.0 Å². The van der Waals surface area contributed by atoms with Gasteiger partial charge in [-0.3, -0.25) is 4.99 Å². The van der Waals surface area contributed by atoms with Crippen molar-refractivity contribution >= 4 is 36.0 Å². The van der Waals surface area contributed by atoms with Gasteiger partial charge in [-0.25, -0.2) is 4.79 Å². The minimum Gasteiger partial charge on any atom is -0.497 e. The summed E-state index contributed by atoms with van der Waals surface area (Å²) in [5, 5.41) is 3.37. The summed E-state index contributed by atoms with van der Waals surface area (Å²) in [5.74, 6) is 1.38. The summed E-state index contributed by atoms with van der Waals surface area (Å²) in [5.41, 5.74) is 7.63. The number of likely N-dealkylation sites (tertiary alicyclic amines) is 1. The summed E-state index contributed by atoms with van der Waals surface area (Å²) in [7, 11) is 1.69. The summed E-state index contributed by atoms with van der Waals surface area (Å²) in [6, 6.07) is 8.66. The minimum atomic E-state index is -0.226. The van der Waals surface area contributed by atoms with E-state index in [0.29, 0.717) is 32.2 Å². The van der Waals surface area contributed by atoms with E-state index in [1.54, 1.807) is 12.0 Å². The van der Waals surface area contributed by atoms with Gasteiger partial charge in [-0.2, -0.15) is 0 Å². The molecule has 31 heavy (non-hydrogen) atoms. The highest BCUT2D eigenvalue weighted by molar-refractivity contribution is 14.0. The fraction of sp³-hybridized carbons (Fsp3) is 0.652. The molecule has 1 aromatic rings. The highest BCUT2D eigenvalue weighted by Crippen LogP contribution is 2.40. The van der Waals surface area contributed by atoms with E-state index in [4.69, 9.17) is 20.2 Å². The third-order valence-electron chi connectivity index (χ3n) is 6.44. The van der Waals surface area contributed by atoms with Crippen LogP contribution in [0.4, 0.5) is 4.79 Å². The van der Waals surface area contributed by atoms with Crippen molar-refractivity contribution in [1.82, 2.24) is 10.2 Å². The fourth-order valence-corrected chi connectivity index (χ4v) is 4.62. The number of nitrogens with zero attached hydrogens (tertiary/aromatic N) is 2. The number of nitrogens with two attached hydrogens (primary N) is 1. The first kappa shape index (κ1) is 25.5. The molecule has 8 heteroatoms. The molecule has 0 bridgehead atoms. The zero-order chi connectivity index (χ0) is 21.4. The molecular formula is C23H37IN4O3. The van der Waals surface area contributed by atoms with Crippen LogP contribution in [0.5, 0.6) is 5.75 Å². The molecule has 1 amide bonds. The van der Waals surface area contributed by atoms with E-state index >= 15 is 0 Å². The molecule has 1 heterocycles. The number of rotatable bonds is 6. The van der Waals surface area contributed by atoms with Crippen molar-refractivity contribution in [3.8, 4) is 5.75 Å². The van der Waals surface area contributed by atoms with Gasteiger partial charge in [-0.15, -0.1) is 24.0 Å². The molecule has 1 saturated carbocycles. The Balaban J connectivity index is 0.00000341. The van der Waals surface area contributed by atoms with Crippen LogP contribution in [0.25, 0.3) is 0 Å². The van der Waals surface area contributed by atoms with Crippen LogP contribution in [0.3, 0.4) is 0 Å². The van der Waals surface area contributed by atoms with Crippen molar-refractivity contribution in [2.24, 2.45) is 10.7 Å². The van der Waals surface area contributed by atoms with Crippen molar-refractivity contribution in [2.75, 3.05) is 33.4 Å². The van der Waals surface area contributed by atoms with Crippen LogP contribution in [0.15, 0.2) is 29.3 Å². The highest BCUT2D eigenvalue weighted by Gasteiger charge is 2.34. The summed E-state index contributed by atoms with van der Waals surface area (Å²) >= 11 is 0. The number of amides is 1. The standard InChI is InChI=1S/C23H36N4O3.HI/c1-3-30-22(28)27-15-11-19(12-16-27)26-21(24)25-17-23(13-5-4-6-14-23)18-7-9-20(29-2)10-8-18;/h7-10,19H,3-6,11-17H2,1-2H3,(H3,24,25,26);1H. The number of carbonyl (C=O) groups excluding carboxylic acids is 1. The van der Waals surface area contributed by atoms with Crippen LogP contribution in [0, 0.1) is 0 Å². The summed E-state index contributed by atoms with van der Waals surface area (Å²) in [4.78, 5) is 18.4. The number of ether oxygens (including phenoxy) is 2. The number of guanidine groups is 1. The average molecular weight is 544 g/mol. The van der Waals surface area contributed by atoms with E-state index < -0.39 is 0 Å². The largest absolute Gasteiger partial charge is 0.497 e. The Labute approximate surface area is 203 Å². The van der Waals surface area contributed by atoms with Gasteiger partial charge in [0.25, 0.3) is 0 Å². The van der Waals surface area contributed by atoms with E-state index in [1.807, 2.05) is 19.1 Å². The molecule has 1 saturated heterocycles. The Morgan fingerprint density at radius 1 is 1.19 bits per heavy atom. The van der Waals surface area contributed by atoms with Crippen LogP contribution in [-0.4, -0.2) is 56.3 Å². The van der Waals surface area contributed by atoms with Gasteiger partial charge in [0.15, 0.2) is 5.96 Å². The third kappa shape index (κ3) is 6.89. The number of hydrogen-bond donors (Lipinski definition) is 2. The van der Waals surface area contributed by atoms with Crippen LogP contribution in [-0.2, 0) is 10.2 Å². The molecule has 2 fully saturated rings. The van der Waals surface area contributed by atoms with Gasteiger partial charge in [-0.1, -0.05) is 31.4 Å². The van der Waals surface area contributed by atoms with Crippen LogP contribution in [0.1, 0.15) is 57.4 Å². The van der Waals surface area contributed by atoms with Crippen molar-refractivity contribution in [1.29, 1.82) is 0 Å². The Bertz CT molecular complexity index is 712. The topological polar surface area (TPSA) is 89.2 Å². The number of carbonyl (C=O) groups is 1. The van der Waals surface area contributed by atoms with Gasteiger partial charge >= 0.3 is 6.09 Å². The van der Waals surface area contributed by atoms with Crippen LogP contribution in [0.2, 0.25) is 0 Å². The molecule has 0 radical (unpaired) electrons. The number of nitrogens with one attached hydrogen (secondary N) is 1. The van der Waals surface area contributed by atoms with E-state index in [0.717, 1.165) is 31.4 Å². The Kier molecular flexibility index (Phi) is 10.2. The Morgan fingerprint density at radius 3 is 2.42 bits per heavy atom. The lowest BCUT2D eigenvalue weighted by Gasteiger charge is -2.37. The minimum absolute atomic E-state index is 0. The number of benzene rings is 1. The molecule has 3 N–H and O–H groups in total. The molecule has 0 unspecified atom stereocenters. The first-order valence-electron chi connectivity index (χ1n) is 11.2. The molecule has 1 aliphatic carbocycles. The molecular weight excluding hydrogens is 507 g/mol. The lowest BCUT2D eigenvalue weighted by Crippen LogP contribution is -2.49. The van der Waals surface area contributed by atoms with Crippen molar-refractivity contribution < 1.29 is 14.3 Å². The SMILES string of the molecule is CCOC(=O)N1CCC(NC(N)=NCC2(c3ccc(OC)cc3)CCCCC2)CC1.I. The lowest BCUT2D eigenvalue weighted by molar-refractivity contribution is 0.0963. The molecule has 0 atom stereocenters. The number of hydrogen-bond acceptors (Lipinski definition) is 4. The van der Waals surface area contributed by atoms with E-state index in [2.05, 4.69) is 17.4 Å². The Hall–Kier alpha value is -1.71. The van der Waals surface area contributed by atoms with Gasteiger partial charge in [0, 0.05) is 24.5 Å². The van der Waals surface area contributed by atoms with Gasteiger partial charge in [-0.05, 0) is 50.3 Å². The normalized spacial score (nSPS) is 19.3. The number of methoxy groups -OCH3 is 1. The molecule has 0 aromatic heterocycles. The first-order chi connectivity index (χ1) is 14.6. The molecule has 3 rings (SSSR count). The molecule has 7 nitrogen and oxygen atoms in total. The van der Waals surface area contributed by atoms with Crippen molar-refractivity contribution in [3.05, 3.63) is 29.8 Å². The molecule has 174 valence electrons. The smallest absolute Gasteiger partial charge is 0.409 e. The molecule has 2 aliphatic rings. The van der Waals surface area contributed by atoms with E-state index in [-0.39, 0.29) is 41.5 Å². The lowest BCUT2D eigenvalue weighted by atomic mass is 9.69. The molecule has 1 aliphatic heterocycles. The number of halogens is 1. The summed E-state index contributed by atoms with van der Waals surface area (Å²) in [6.45, 7) is 4.29. The Morgan fingerprint density at radius 2 is 1.84 bits per heavy atom. The van der Waals surface area contributed by atoms with E-state index in [1.165, 1.54) is 24.8 Å². The zero-order valence-corrected chi connectivity index (χ0v) is 21.1. The average Bonchev–Trinajstić information content (AvgIpc) is 2.79. The van der Waals surface area contributed by atoms with Gasteiger partial charge < -0.3 is 25.4 Å². The second-order valence-corrected chi connectivity index (χ2v) is 8.38. The van der Waals surface area contributed by atoms with Gasteiger partial charge in [0.1, 0.15) is 5.75 Å². The van der Waals surface area contributed by atoms with E-state index in [9.17, 15) is 4.79 Å². The maximum Gasteiger partial charge on any atom is 0.409 e. The predicted molar refractivity (Wildman–Crippen MR) is 134 cm³/mol.